The van der Waals surface area contributed by atoms with Gasteiger partial charge in [0.25, 0.3) is 5.91 Å². The van der Waals surface area contributed by atoms with E-state index in [4.69, 9.17) is 9.15 Å². The van der Waals surface area contributed by atoms with Crippen LogP contribution in [0.1, 0.15) is 23.2 Å². The Morgan fingerprint density at radius 3 is 2.40 bits per heavy atom. The fourth-order valence-corrected chi connectivity index (χ4v) is 4.39. The fourth-order valence-electron chi connectivity index (χ4n) is 4.39. The highest BCUT2D eigenvalue weighted by atomic mass is 19.1. The zero-order chi connectivity index (χ0) is 24.2. The second-order valence-electron chi connectivity index (χ2n) is 8.49. The van der Waals surface area contributed by atoms with E-state index in [0.29, 0.717) is 22.5 Å². The zero-order valence-electron chi connectivity index (χ0n) is 19.4. The van der Waals surface area contributed by atoms with Crippen molar-refractivity contribution in [1.82, 2.24) is 10.3 Å². The Bertz CT molecular complexity index is 1310. The molecule has 5 rings (SSSR count). The van der Waals surface area contributed by atoms with Crippen LogP contribution in [0.15, 0.2) is 83.4 Å². The van der Waals surface area contributed by atoms with Crippen LogP contribution in [0.3, 0.4) is 0 Å². The molecule has 1 aliphatic heterocycles. The number of nitrogens with one attached hydrogen (secondary N) is 1. The SMILES string of the molecule is COc1ccc(N2CCC(NC(=O)c3ccccc3-c3ncc(-c4ccccc4F)o3)CC2)cc1. The maximum atomic E-state index is 14.2. The topological polar surface area (TPSA) is 67.6 Å². The van der Waals surface area contributed by atoms with Crippen molar-refractivity contribution in [2.75, 3.05) is 25.1 Å². The lowest BCUT2D eigenvalue weighted by Gasteiger charge is -2.34. The summed E-state index contributed by atoms with van der Waals surface area (Å²) in [5.74, 6) is 0.875. The molecule has 2 heterocycles. The quantitative estimate of drug-likeness (QED) is 0.399. The van der Waals surface area contributed by atoms with Crippen LogP contribution in [-0.2, 0) is 0 Å². The molecule has 4 aromatic rings. The second kappa shape index (κ2) is 10.0. The van der Waals surface area contributed by atoms with Gasteiger partial charge in [0.2, 0.25) is 5.89 Å². The molecule has 0 bridgehead atoms. The fraction of sp³-hybridized carbons (Fsp3) is 0.214. The Morgan fingerprint density at radius 2 is 1.69 bits per heavy atom. The second-order valence-corrected chi connectivity index (χ2v) is 8.49. The Morgan fingerprint density at radius 1 is 1.00 bits per heavy atom. The standard InChI is InChI=1S/C28H26FN3O3/c1-34-21-12-10-20(11-13-21)32-16-14-19(15-17-32)31-27(33)22-6-2-3-7-23(22)28-30-18-26(35-28)24-8-4-5-9-25(24)29/h2-13,18-19H,14-17H2,1H3,(H,31,33). The van der Waals surface area contributed by atoms with E-state index in [0.717, 1.165) is 37.4 Å². The molecule has 1 saturated heterocycles. The summed E-state index contributed by atoms with van der Waals surface area (Å²) in [5, 5.41) is 3.17. The molecule has 7 heteroatoms. The number of carbonyl (C=O) groups is 1. The normalized spacial score (nSPS) is 14.1. The number of nitrogens with zero attached hydrogens (tertiary/aromatic N) is 2. The first-order chi connectivity index (χ1) is 17.1. The summed E-state index contributed by atoms with van der Waals surface area (Å²) in [5.41, 5.74) is 2.53. The molecule has 0 saturated carbocycles. The molecule has 6 nitrogen and oxygen atoms in total. The maximum absolute atomic E-state index is 14.2. The minimum absolute atomic E-state index is 0.0728. The third-order valence-corrected chi connectivity index (χ3v) is 6.31. The van der Waals surface area contributed by atoms with Gasteiger partial charge in [-0.25, -0.2) is 9.37 Å². The number of hydrogen-bond donors (Lipinski definition) is 1. The van der Waals surface area contributed by atoms with Crippen molar-refractivity contribution in [3.63, 3.8) is 0 Å². The largest absolute Gasteiger partial charge is 0.497 e. The number of oxazole rings is 1. The van der Waals surface area contributed by atoms with Gasteiger partial charge in [-0.3, -0.25) is 4.79 Å². The molecule has 1 amide bonds. The predicted octanol–water partition coefficient (Wildman–Crippen LogP) is 5.56. The number of halogens is 1. The van der Waals surface area contributed by atoms with E-state index in [9.17, 15) is 9.18 Å². The monoisotopic (exact) mass is 471 g/mol. The number of ether oxygens (including phenoxy) is 1. The molecule has 1 fully saturated rings. The van der Waals surface area contributed by atoms with E-state index in [1.165, 1.54) is 12.3 Å². The Kier molecular flexibility index (Phi) is 6.48. The number of methoxy groups -OCH3 is 1. The summed E-state index contributed by atoms with van der Waals surface area (Å²) in [6.07, 6.45) is 3.17. The van der Waals surface area contributed by atoms with Gasteiger partial charge in [0.15, 0.2) is 5.76 Å². The molecule has 0 radical (unpaired) electrons. The Balaban J connectivity index is 1.26. The predicted molar refractivity (Wildman–Crippen MR) is 133 cm³/mol. The van der Waals surface area contributed by atoms with Crippen molar-refractivity contribution in [2.24, 2.45) is 0 Å². The molecule has 0 atom stereocenters. The molecule has 0 spiro atoms. The average molecular weight is 472 g/mol. The molecule has 1 N–H and O–H groups in total. The minimum Gasteiger partial charge on any atom is -0.497 e. The van der Waals surface area contributed by atoms with Gasteiger partial charge in [-0.2, -0.15) is 0 Å². The van der Waals surface area contributed by atoms with E-state index < -0.39 is 0 Å². The van der Waals surface area contributed by atoms with Gasteiger partial charge in [-0.1, -0.05) is 24.3 Å². The number of benzene rings is 3. The molecule has 0 aliphatic carbocycles. The zero-order valence-corrected chi connectivity index (χ0v) is 19.4. The first-order valence-electron chi connectivity index (χ1n) is 11.6. The van der Waals surface area contributed by atoms with Crippen LogP contribution in [-0.4, -0.2) is 37.1 Å². The van der Waals surface area contributed by atoms with E-state index in [1.807, 2.05) is 24.3 Å². The van der Waals surface area contributed by atoms with Crippen LogP contribution in [0.4, 0.5) is 10.1 Å². The van der Waals surface area contributed by atoms with Crippen LogP contribution in [0.25, 0.3) is 22.8 Å². The molecule has 1 aromatic heterocycles. The van der Waals surface area contributed by atoms with E-state index in [1.54, 1.807) is 37.4 Å². The van der Waals surface area contributed by atoms with E-state index in [2.05, 4.69) is 27.3 Å². The van der Waals surface area contributed by atoms with Crippen molar-refractivity contribution >= 4 is 11.6 Å². The van der Waals surface area contributed by atoms with E-state index >= 15 is 0 Å². The molecule has 35 heavy (non-hydrogen) atoms. The number of carbonyl (C=O) groups excluding carboxylic acids is 1. The van der Waals surface area contributed by atoms with Crippen LogP contribution in [0.2, 0.25) is 0 Å². The van der Waals surface area contributed by atoms with Gasteiger partial charge in [0, 0.05) is 30.4 Å². The Hall–Kier alpha value is -4.13. The Labute approximate surface area is 203 Å². The highest BCUT2D eigenvalue weighted by Gasteiger charge is 2.24. The maximum Gasteiger partial charge on any atom is 0.252 e. The first-order valence-corrected chi connectivity index (χ1v) is 11.6. The highest BCUT2D eigenvalue weighted by molar-refractivity contribution is 6.00. The van der Waals surface area contributed by atoms with Crippen molar-refractivity contribution in [3.8, 4) is 28.5 Å². The number of aromatic nitrogens is 1. The molecule has 0 unspecified atom stereocenters. The van der Waals surface area contributed by atoms with Crippen molar-refractivity contribution in [1.29, 1.82) is 0 Å². The van der Waals surface area contributed by atoms with Gasteiger partial charge in [0.1, 0.15) is 11.6 Å². The van der Waals surface area contributed by atoms with Gasteiger partial charge in [0.05, 0.1) is 24.4 Å². The van der Waals surface area contributed by atoms with Crippen LogP contribution in [0, 0.1) is 5.82 Å². The van der Waals surface area contributed by atoms with Gasteiger partial charge in [-0.05, 0) is 61.4 Å². The van der Waals surface area contributed by atoms with E-state index in [-0.39, 0.29) is 23.7 Å². The summed E-state index contributed by atoms with van der Waals surface area (Å²) >= 11 is 0. The molecule has 178 valence electrons. The van der Waals surface area contributed by atoms with Gasteiger partial charge in [-0.15, -0.1) is 0 Å². The number of hydrogen-bond acceptors (Lipinski definition) is 5. The summed E-state index contributed by atoms with van der Waals surface area (Å²) in [7, 11) is 1.66. The molecule has 1 aliphatic rings. The smallest absolute Gasteiger partial charge is 0.252 e. The first kappa shape index (κ1) is 22.7. The molecular formula is C28H26FN3O3. The van der Waals surface area contributed by atoms with Gasteiger partial charge < -0.3 is 19.4 Å². The summed E-state index contributed by atoms with van der Waals surface area (Å²) in [4.78, 5) is 19.8. The lowest BCUT2D eigenvalue weighted by Crippen LogP contribution is -2.44. The lowest BCUT2D eigenvalue weighted by molar-refractivity contribution is 0.0931. The summed E-state index contributed by atoms with van der Waals surface area (Å²) in [6.45, 7) is 1.70. The van der Waals surface area contributed by atoms with Gasteiger partial charge >= 0.3 is 0 Å². The number of piperidine rings is 1. The molecule has 3 aromatic carbocycles. The van der Waals surface area contributed by atoms with Crippen LogP contribution in [0.5, 0.6) is 5.75 Å². The lowest BCUT2D eigenvalue weighted by atomic mass is 10.0. The number of amides is 1. The third kappa shape index (κ3) is 4.89. The molecular weight excluding hydrogens is 445 g/mol. The minimum atomic E-state index is -0.387. The van der Waals surface area contributed by atoms with Crippen molar-refractivity contribution < 1.29 is 18.3 Å². The average Bonchev–Trinajstić information content (AvgIpc) is 3.39. The van der Waals surface area contributed by atoms with Crippen molar-refractivity contribution in [2.45, 2.75) is 18.9 Å². The summed E-state index contributed by atoms with van der Waals surface area (Å²) in [6, 6.07) is 21.7. The highest BCUT2D eigenvalue weighted by Crippen LogP contribution is 2.30. The van der Waals surface area contributed by atoms with Crippen LogP contribution < -0.4 is 15.0 Å². The summed E-state index contributed by atoms with van der Waals surface area (Å²) < 4.78 is 25.3. The number of rotatable bonds is 6. The van der Waals surface area contributed by atoms with Crippen molar-refractivity contribution in [3.05, 3.63) is 90.4 Å². The van der Waals surface area contributed by atoms with Crippen LogP contribution >= 0.6 is 0 Å². The number of anilines is 1. The third-order valence-electron chi connectivity index (χ3n) is 6.31.